The standard InChI is InChI=1S/C21H23NO3S2/c1-21(23,20-13-17-8-4-5-9-19(17)26-20)14-22-27(24,25)18-11-10-15-6-2-3-7-16(15)12-18/h4-5,8-13,22-23H,2-3,6-7,14H2,1H3/t21-/m1/s1. The Morgan fingerprint density at radius 2 is 1.81 bits per heavy atom. The van der Waals surface area contributed by atoms with Crippen LogP contribution in [0.3, 0.4) is 0 Å². The van der Waals surface area contributed by atoms with E-state index in [1.54, 1.807) is 19.1 Å². The van der Waals surface area contributed by atoms with Crippen molar-refractivity contribution >= 4 is 31.4 Å². The molecular formula is C21H23NO3S2. The second-order valence-corrected chi connectivity index (χ2v) is 10.2. The van der Waals surface area contributed by atoms with Crippen molar-refractivity contribution in [1.29, 1.82) is 0 Å². The molecule has 142 valence electrons. The summed E-state index contributed by atoms with van der Waals surface area (Å²) in [6.07, 6.45) is 4.21. The Morgan fingerprint density at radius 1 is 1.07 bits per heavy atom. The highest BCUT2D eigenvalue weighted by atomic mass is 32.2. The highest BCUT2D eigenvalue weighted by Gasteiger charge is 2.28. The number of aliphatic hydroxyl groups is 1. The van der Waals surface area contributed by atoms with E-state index in [9.17, 15) is 13.5 Å². The molecule has 0 amide bonds. The molecule has 4 rings (SSSR count). The third-order valence-electron chi connectivity index (χ3n) is 5.19. The predicted molar refractivity (Wildman–Crippen MR) is 110 cm³/mol. The second-order valence-electron chi connectivity index (χ2n) is 7.38. The fourth-order valence-corrected chi connectivity index (χ4v) is 5.82. The van der Waals surface area contributed by atoms with Crippen LogP contribution < -0.4 is 4.72 Å². The third-order valence-corrected chi connectivity index (χ3v) is 7.96. The van der Waals surface area contributed by atoms with Gasteiger partial charge in [-0.2, -0.15) is 0 Å². The summed E-state index contributed by atoms with van der Waals surface area (Å²) in [6, 6.07) is 15.2. The molecule has 0 saturated heterocycles. The molecule has 3 aromatic rings. The highest BCUT2D eigenvalue weighted by Crippen LogP contribution is 2.33. The van der Waals surface area contributed by atoms with E-state index in [0.717, 1.165) is 46.2 Å². The van der Waals surface area contributed by atoms with Gasteiger partial charge in [0.15, 0.2) is 0 Å². The molecule has 0 unspecified atom stereocenters. The van der Waals surface area contributed by atoms with Crippen LogP contribution in [0.25, 0.3) is 10.1 Å². The lowest BCUT2D eigenvalue weighted by molar-refractivity contribution is 0.0666. The van der Waals surface area contributed by atoms with Crippen LogP contribution in [0.1, 0.15) is 35.8 Å². The fraction of sp³-hybridized carbons (Fsp3) is 0.333. The Hall–Kier alpha value is -1.73. The van der Waals surface area contributed by atoms with Crippen molar-refractivity contribution in [1.82, 2.24) is 4.72 Å². The van der Waals surface area contributed by atoms with Crippen molar-refractivity contribution in [2.75, 3.05) is 6.54 Å². The summed E-state index contributed by atoms with van der Waals surface area (Å²) >= 11 is 1.48. The quantitative estimate of drug-likeness (QED) is 0.680. The summed E-state index contributed by atoms with van der Waals surface area (Å²) < 4.78 is 29.2. The summed E-state index contributed by atoms with van der Waals surface area (Å²) in [4.78, 5) is 1.02. The first-order valence-electron chi connectivity index (χ1n) is 9.18. The molecule has 1 atom stereocenters. The fourth-order valence-electron chi connectivity index (χ4n) is 3.53. The summed E-state index contributed by atoms with van der Waals surface area (Å²) in [5.41, 5.74) is 1.10. The van der Waals surface area contributed by atoms with E-state index in [2.05, 4.69) is 4.72 Å². The maximum absolute atomic E-state index is 12.7. The molecule has 1 heterocycles. The maximum Gasteiger partial charge on any atom is 0.240 e. The monoisotopic (exact) mass is 401 g/mol. The van der Waals surface area contributed by atoms with Gasteiger partial charge in [0.25, 0.3) is 0 Å². The van der Waals surface area contributed by atoms with Gasteiger partial charge in [-0.25, -0.2) is 13.1 Å². The zero-order valence-corrected chi connectivity index (χ0v) is 16.9. The van der Waals surface area contributed by atoms with Gasteiger partial charge >= 0.3 is 0 Å². The lowest BCUT2D eigenvalue weighted by Gasteiger charge is -2.23. The largest absolute Gasteiger partial charge is 0.383 e. The Kier molecular flexibility index (Phi) is 4.84. The van der Waals surface area contributed by atoms with Crippen LogP contribution in [0.15, 0.2) is 53.4 Å². The van der Waals surface area contributed by atoms with Crippen molar-refractivity contribution in [3.05, 3.63) is 64.5 Å². The molecule has 0 aliphatic heterocycles. The molecule has 2 aromatic carbocycles. The zero-order valence-electron chi connectivity index (χ0n) is 15.2. The van der Waals surface area contributed by atoms with E-state index in [0.29, 0.717) is 0 Å². The topological polar surface area (TPSA) is 66.4 Å². The summed E-state index contributed by atoms with van der Waals surface area (Å²) in [7, 11) is -3.67. The SMILES string of the molecule is C[C@@](O)(CNS(=O)(=O)c1ccc2c(c1)CCCC2)c1cc2ccccc2s1. The van der Waals surface area contributed by atoms with Crippen LogP contribution in [-0.4, -0.2) is 20.1 Å². The normalized spacial score (nSPS) is 16.8. The predicted octanol–water partition coefficient (Wildman–Crippen LogP) is 3.97. The van der Waals surface area contributed by atoms with Crippen molar-refractivity contribution in [3.8, 4) is 0 Å². The van der Waals surface area contributed by atoms with Crippen molar-refractivity contribution < 1.29 is 13.5 Å². The average molecular weight is 402 g/mol. The van der Waals surface area contributed by atoms with E-state index < -0.39 is 15.6 Å². The summed E-state index contributed by atoms with van der Waals surface area (Å²) in [6.45, 7) is 1.58. The van der Waals surface area contributed by atoms with E-state index in [1.165, 1.54) is 16.9 Å². The van der Waals surface area contributed by atoms with Crippen LogP contribution in [0, 0.1) is 0 Å². The molecule has 1 aliphatic rings. The number of rotatable bonds is 5. The van der Waals surface area contributed by atoms with E-state index in [1.807, 2.05) is 36.4 Å². The van der Waals surface area contributed by atoms with Gasteiger partial charge in [0.05, 0.1) is 4.90 Å². The van der Waals surface area contributed by atoms with Gasteiger partial charge in [-0.05, 0) is 73.4 Å². The highest BCUT2D eigenvalue weighted by molar-refractivity contribution is 7.89. The first-order valence-corrected chi connectivity index (χ1v) is 11.5. The molecule has 4 nitrogen and oxygen atoms in total. The van der Waals surface area contributed by atoms with Crippen molar-refractivity contribution in [2.24, 2.45) is 0 Å². The van der Waals surface area contributed by atoms with Crippen molar-refractivity contribution in [3.63, 3.8) is 0 Å². The van der Waals surface area contributed by atoms with Crippen LogP contribution in [0.2, 0.25) is 0 Å². The number of sulfonamides is 1. The number of hydrogen-bond acceptors (Lipinski definition) is 4. The molecular weight excluding hydrogens is 378 g/mol. The van der Waals surface area contributed by atoms with Gasteiger partial charge < -0.3 is 5.11 Å². The molecule has 6 heteroatoms. The molecule has 1 aromatic heterocycles. The lowest BCUT2D eigenvalue weighted by atomic mass is 9.92. The minimum Gasteiger partial charge on any atom is -0.383 e. The van der Waals surface area contributed by atoms with Crippen LogP contribution in [0.5, 0.6) is 0 Å². The van der Waals surface area contributed by atoms with Gasteiger partial charge in [0.1, 0.15) is 5.60 Å². The molecule has 2 N–H and O–H groups in total. The van der Waals surface area contributed by atoms with E-state index >= 15 is 0 Å². The van der Waals surface area contributed by atoms with Gasteiger partial charge in [0, 0.05) is 16.1 Å². The van der Waals surface area contributed by atoms with Gasteiger partial charge in [-0.1, -0.05) is 24.3 Å². The Labute approximate surface area is 163 Å². The first kappa shape index (κ1) is 18.6. The number of fused-ring (bicyclic) bond motifs is 2. The number of benzene rings is 2. The van der Waals surface area contributed by atoms with Crippen LogP contribution in [-0.2, 0) is 28.5 Å². The van der Waals surface area contributed by atoms with E-state index in [4.69, 9.17) is 0 Å². The summed E-state index contributed by atoms with van der Waals surface area (Å²) in [5, 5.41) is 11.9. The summed E-state index contributed by atoms with van der Waals surface area (Å²) in [5.74, 6) is 0. The Bertz CT molecular complexity index is 1050. The Balaban J connectivity index is 1.54. The number of thiophene rings is 1. The molecule has 0 spiro atoms. The average Bonchev–Trinajstić information content (AvgIpc) is 3.11. The molecule has 27 heavy (non-hydrogen) atoms. The molecule has 1 aliphatic carbocycles. The van der Waals surface area contributed by atoms with Gasteiger partial charge in [-0.3, -0.25) is 0 Å². The number of hydrogen-bond donors (Lipinski definition) is 2. The number of nitrogens with one attached hydrogen (secondary N) is 1. The minimum atomic E-state index is -3.67. The van der Waals surface area contributed by atoms with Crippen molar-refractivity contribution in [2.45, 2.75) is 43.1 Å². The maximum atomic E-state index is 12.7. The van der Waals surface area contributed by atoms with Gasteiger partial charge in [0.2, 0.25) is 10.0 Å². The van der Waals surface area contributed by atoms with Gasteiger partial charge in [-0.15, -0.1) is 11.3 Å². The third kappa shape index (κ3) is 3.80. The van der Waals surface area contributed by atoms with Crippen LogP contribution >= 0.6 is 11.3 Å². The molecule has 0 saturated carbocycles. The minimum absolute atomic E-state index is 0.0702. The number of aryl methyl sites for hydroxylation is 2. The molecule has 0 radical (unpaired) electrons. The second kappa shape index (κ2) is 7.02. The smallest absolute Gasteiger partial charge is 0.240 e. The van der Waals surface area contributed by atoms with E-state index in [-0.39, 0.29) is 11.4 Å². The molecule has 0 fully saturated rings. The van der Waals surface area contributed by atoms with Crippen LogP contribution in [0.4, 0.5) is 0 Å². The molecule has 0 bridgehead atoms. The Morgan fingerprint density at radius 3 is 2.59 bits per heavy atom. The first-order chi connectivity index (χ1) is 12.9. The lowest BCUT2D eigenvalue weighted by Crippen LogP contribution is -2.38. The zero-order chi connectivity index (χ0) is 19.1.